The largest absolute Gasteiger partial charge is 0.303 e. The van der Waals surface area contributed by atoms with Gasteiger partial charge in [-0.2, -0.15) is 4.33 Å². The molecule has 0 radical (unpaired) electrons. The van der Waals surface area contributed by atoms with Gasteiger partial charge in [0.2, 0.25) is 0 Å². The second-order valence-corrected chi connectivity index (χ2v) is 5.32. The number of carbonyl (C=O) groups excluding carboxylic acids is 1. The number of benzene rings is 2. The molecule has 0 aliphatic rings. The van der Waals surface area contributed by atoms with E-state index in [-0.39, 0.29) is 6.42 Å². The smallest absolute Gasteiger partial charge is 0.126 e. The Bertz CT molecular complexity index is 612. The number of aldehydes is 1. The molecule has 6 heteroatoms. The normalized spacial score (nSPS) is 12.1. The topological polar surface area (TPSA) is 35.5 Å². The van der Waals surface area contributed by atoms with Gasteiger partial charge in [0.05, 0.1) is 19.2 Å². The quantitative estimate of drug-likeness (QED) is 0.330. The van der Waals surface area contributed by atoms with E-state index < -0.39 is 17.6 Å². The molecule has 0 amide bonds. The second-order valence-electron chi connectivity index (χ2n) is 4.54. The summed E-state index contributed by atoms with van der Waals surface area (Å²) in [6.07, 6.45) is 0.883. The minimum absolute atomic E-state index is 0.143. The van der Waals surface area contributed by atoms with Crippen molar-refractivity contribution in [2.24, 2.45) is 0 Å². The first kappa shape index (κ1) is 16.6. The van der Waals surface area contributed by atoms with Gasteiger partial charge in [-0.15, -0.1) is 0 Å². The fraction of sp³-hybridized carbons (Fsp3) is 0.188. The molecule has 22 heavy (non-hydrogen) atoms. The molecule has 0 saturated carbocycles. The van der Waals surface area contributed by atoms with Crippen LogP contribution < -0.4 is 0 Å². The summed E-state index contributed by atoms with van der Waals surface area (Å²) >= 11 is 1.04. The van der Waals surface area contributed by atoms with Crippen molar-refractivity contribution in [3.63, 3.8) is 0 Å². The van der Waals surface area contributed by atoms with E-state index >= 15 is 0 Å². The minimum atomic E-state index is -0.661. The average Bonchev–Trinajstić information content (AvgIpc) is 2.50. The van der Waals surface area contributed by atoms with Crippen LogP contribution in [0.25, 0.3) is 0 Å². The van der Waals surface area contributed by atoms with E-state index in [9.17, 15) is 13.6 Å². The summed E-state index contributed by atoms with van der Waals surface area (Å²) in [4.78, 5) is 16.2. The van der Waals surface area contributed by atoms with Gasteiger partial charge >= 0.3 is 0 Å². The first-order valence-corrected chi connectivity index (χ1v) is 7.25. The number of hydrogen-bond donors (Lipinski definition) is 0. The van der Waals surface area contributed by atoms with E-state index in [2.05, 4.69) is 4.89 Å². The van der Waals surface area contributed by atoms with E-state index in [0.29, 0.717) is 5.56 Å². The molecule has 2 aromatic rings. The molecule has 2 aromatic carbocycles. The van der Waals surface area contributed by atoms with Gasteiger partial charge in [-0.3, -0.25) is 0 Å². The standard InChI is InChI=1S/C16H14F2O3S/c1-20-21-22-15-4-2-11(3-5-15)16(6-7-19)12-8-13(17)10-14(18)9-12/h2-5,7-10,16H,6H2,1H3/t16-/m1/s1. The van der Waals surface area contributed by atoms with Gasteiger partial charge in [0.1, 0.15) is 17.9 Å². The molecule has 0 fully saturated rings. The lowest BCUT2D eigenvalue weighted by Crippen LogP contribution is -2.03. The molecule has 0 heterocycles. The highest BCUT2D eigenvalue weighted by molar-refractivity contribution is 7.94. The highest BCUT2D eigenvalue weighted by atomic mass is 32.2. The third-order valence-electron chi connectivity index (χ3n) is 3.10. The van der Waals surface area contributed by atoms with Crippen molar-refractivity contribution in [3.8, 4) is 0 Å². The SMILES string of the molecule is COOSc1ccc([C@@H](CC=O)c2cc(F)cc(F)c2)cc1. The predicted octanol–water partition coefficient (Wildman–Crippen LogP) is 4.27. The lowest BCUT2D eigenvalue weighted by molar-refractivity contribution is -0.160. The monoisotopic (exact) mass is 324 g/mol. The van der Waals surface area contributed by atoms with Crippen molar-refractivity contribution in [3.05, 3.63) is 65.2 Å². The number of rotatable bonds is 7. The van der Waals surface area contributed by atoms with Crippen LogP contribution in [-0.2, 0) is 14.0 Å². The zero-order chi connectivity index (χ0) is 15.9. The molecule has 0 spiro atoms. The average molecular weight is 324 g/mol. The molecule has 0 aliphatic carbocycles. The molecule has 3 nitrogen and oxygen atoms in total. The van der Waals surface area contributed by atoms with E-state index in [1.54, 1.807) is 24.3 Å². The first-order valence-electron chi connectivity index (χ1n) is 6.51. The molecular weight excluding hydrogens is 310 g/mol. The van der Waals surface area contributed by atoms with Crippen LogP contribution >= 0.6 is 12.0 Å². The number of hydrogen-bond acceptors (Lipinski definition) is 4. The lowest BCUT2D eigenvalue weighted by atomic mass is 9.89. The number of halogens is 2. The lowest BCUT2D eigenvalue weighted by Gasteiger charge is -2.16. The maximum absolute atomic E-state index is 13.4. The van der Waals surface area contributed by atoms with E-state index in [4.69, 9.17) is 4.33 Å². The van der Waals surface area contributed by atoms with Crippen LogP contribution in [0.1, 0.15) is 23.5 Å². The molecule has 0 unspecified atom stereocenters. The first-order chi connectivity index (χ1) is 10.6. The third-order valence-corrected chi connectivity index (χ3v) is 3.77. The molecule has 0 bridgehead atoms. The predicted molar refractivity (Wildman–Crippen MR) is 79.3 cm³/mol. The highest BCUT2D eigenvalue weighted by Crippen LogP contribution is 2.30. The Balaban J connectivity index is 2.28. The van der Waals surface area contributed by atoms with Gasteiger partial charge in [-0.25, -0.2) is 13.7 Å². The molecule has 0 aliphatic heterocycles. The molecule has 0 aromatic heterocycles. The number of carbonyl (C=O) groups is 1. The fourth-order valence-corrected chi connectivity index (χ4v) is 2.56. The third kappa shape index (κ3) is 4.37. The van der Waals surface area contributed by atoms with E-state index in [1.165, 1.54) is 19.2 Å². The minimum Gasteiger partial charge on any atom is -0.303 e. The summed E-state index contributed by atoms with van der Waals surface area (Å²) in [5.74, 6) is -1.72. The molecular formula is C16H14F2O3S. The molecule has 0 saturated heterocycles. The van der Waals surface area contributed by atoms with Gasteiger partial charge in [-0.1, -0.05) is 12.1 Å². The summed E-state index contributed by atoms with van der Waals surface area (Å²) in [6.45, 7) is 0. The Kier molecular flexibility index (Phi) is 6.06. The summed E-state index contributed by atoms with van der Waals surface area (Å²) in [5.41, 5.74) is 1.22. The van der Waals surface area contributed by atoms with Crippen molar-refractivity contribution in [1.82, 2.24) is 0 Å². The van der Waals surface area contributed by atoms with Crippen LogP contribution in [0.5, 0.6) is 0 Å². The maximum atomic E-state index is 13.4. The van der Waals surface area contributed by atoms with Crippen molar-refractivity contribution in [2.45, 2.75) is 17.2 Å². The van der Waals surface area contributed by atoms with Crippen LogP contribution in [0, 0.1) is 11.6 Å². The van der Waals surface area contributed by atoms with Crippen LogP contribution in [0.3, 0.4) is 0 Å². The zero-order valence-corrected chi connectivity index (χ0v) is 12.6. The van der Waals surface area contributed by atoms with Gasteiger partial charge in [-0.05, 0) is 35.4 Å². The van der Waals surface area contributed by atoms with Crippen LogP contribution in [0.15, 0.2) is 47.4 Å². The van der Waals surface area contributed by atoms with Crippen LogP contribution in [-0.4, -0.2) is 13.4 Å². The Hall–Kier alpha value is -1.76. The summed E-state index contributed by atoms with van der Waals surface area (Å²) in [7, 11) is 1.40. The van der Waals surface area contributed by atoms with Crippen LogP contribution in [0.4, 0.5) is 8.78 Å². The Morgan fingerprint density at radius 2 is 1.73 bits per heavy atom. The van der Waals surface area contributed by atoms with Gasteiger partial charge in [0, 0.05) is 23.3 Å². The zero-order valence-electron chi connectivity index (χ0n) is 11.8. The summed E-state index contributed by atoms with van der Waals surface area (Å²) in [6, 6.07) is 10.4. The Morgan fingerprint density at radius 3 is 2.27 bits per heavy atom. The fourth-order valence-electron chi connectivity index (χ4n) is 2.17. The summed E-state index contributed by atoms with van der Waals surface area (Å²) in [5, 5.41) is 0. The highest BCUT2D eigenvalue weighted by Gasteiger charge is 2.16. The Labute approximate surface area is 131 Å². The van der Waals surface area contributed by atoms with Crippen molar-refractivity contribution in [1.29, 1.82) is 0 Å². The van der Waals surface area contributed by atoms with E-state index in [0.717, 1.165) is 34.9 Å². The molecule has 0 N–H and O–H groups in total. The van der Waals surface area contributed by atoms with Crippen LogP contribution in [0.2, 0.25) is 0 Å². The molecule has 2 rings (SSSR count). The summed E-state index contributed by atoms with van der Waals surface area (Å²) < 4.78 is 31.5. The van der Waals surface area contributed by atoms with Gasteiger partial charge < -0.3 is 4.79 Å². The molecule has 116 valence electrons. The Morgan fingerprint density at radius 1 is 1.09 bits per heavy atom. The van der Waals surface area contributed by atoms with Gasteiger partial charge in [0.15, 0.2) is 0 Å². The second kappa shape index (κ2) is 8.03. The van der Waals surface area contributed by atoms with Gasteiger partial charge in [0.25, 0.3) is 0 Å². The molecule has 1 atom stereocenters. The maximum Gasteiger partial charge on any atom is 0.126 e. The van der Waals surface area contributed by atoms with Crippen molar-refractivity contribution in [2.75, 3.05) is 7.11 Å². The van der Waals surface area contributed by atoms with Crippen molar-refractivity contribution < 1.29 is 22.8 Å². The van der Waals surface area contributed by atoms with Crippen molar-refractivity contribution >= 4 is 18.3 Å². The van der Waals surface area contributed by atoms with E-state index in [1.807, 2.05) is 0 Å².